The topological polar surface area (TPSA) is 32.5 Å². The molecule has 0 unspecified atom stereocenters. The summed E-state index contributed by atoms with van der Waals surface area (Å²) in [7, 11) is 0. The Kier molecular flexibility index (Phi) is 9.86. The lowest BCUT2D eigenvalue weighted by molar-refractivity contribution is 1.28. The quantitative estimate of drug-likeness (QED) is 0.142. The van der Waals surface area contributed by atoms with Gasteiger partial charge in [-0.15, -0.1) is 0 Å². The number of anilines is 7. The number of nitrogen functional groups attached to an aromatic ring is 1. The SMILES string of the molecule is Nc1ccc(N(c2ccc(-c3ccc(N(c4ccc(-c5ccccc5)cc4)c4cccc(-c5ccccc5)c4)cc3)cc2)c2cccc(-c3ccccc3)c2)cc1. The zero-order valence-electron chi connectivity index (χ0n) is 31.5. The van der Waals surface area contributed by atoms with Crippen molar-refractivity contribution in [2.24, 2.45) is 0 Å². The van der Waals surface area contributed by atoms with Crippen LogP contribution in [0.4, 0.5) is 39.8 Å². The summed E-state index contributed by atoms with van der Waals surface area (Å²) in [6, 6.07) is 83.7. The van der Waals surface area contributed by atoms with Crippen LogP contribution in [0.1, 0.15) is 0 Å². The van der Waals surface area contributed by atoms with E-state index in [9.17, 15) is 0 Å². The standard InChI is InChI=1S/C54H41N3/c55-48-28-36-52(37-29-48)57(54-21-11-19-47(39-54)42-16-8-3-9-17-42)51-34-26-45(27-35-51)44-24-32-50(33-25-44)56(49-30-22-43(23-31-49)40-12-4-1-5-13-40)53-20-10-18-46(38-53)41-14-6-2-7-15-41/h1-39H,55H2. The van der Waals surface area contributed by atoms with Crippen LogP contribution < -0.4 is 15.5 Å². The largest absolute Gasteiger partial charge is 0.399 e. The third-order valence-electron chi connectivity index (χ3n) is 10.4. The molecule has 0 heterocycles. The van der Waals surface area contributed by atoms with Crippen molar-refractivity contribution in [1.29, 1.82) is 0 Å². The highest BCUT2D eigenvalue weighted by Crippen LogP contribution is 2.40. The van der Waals surface area contributed by atoms with Gasteiger partial charge in [0, 0.05) is 39.8 Å². The van der Waals surface area contributed by atoms with Gasteiger partial charge < -0.3 is 15.5 Å². The maximum Gasteiger partial charge on any atom is 0.0467 e. The van der Waals surface area contributed by atoms with E-state index in [2.05, 4.69) is 234 Å². The second kappa shape index (κ2) is 16.0. The number of hydrogen-bond acceptors (Lipinski definition) is 3. The molecule has 57 heavy (non-hydrogen) atoms. The van der Waals surface area contributed by atoms with E-state index in [0.29, 0.717) is 0 Å². The first kappa shape index (κ1) is 35.1. The molecule has 0 saturated carbocycles. The fourth-order valence-corrected chi connectivity index (χ4v) is 7.47. The Bertz CT molecular complexity index is 2690. The fourth-order valence-electron chi connectivity index (χ4n) is 7.47. The van der Waals surface area contributed by atoms with Crippen LogP contribution in [0.5, 0.6) is 0 Å². The molecule has 0 radical (unpaired) electrons. The van der Waals surface area contributed by atoms with E-state index in [-0.39, 0.29) is 0 Å². The summed E-state index contributed by atoms with van der Waals surface area (Å²) in [5.74, 6) is 0. The van der Waals surface area contributed by atoms with E-state index in [0.717, 1.165) is 50.9 Å². The monoisotopic (exact) mass is 731 g/mol. The van der Waals surface area contributed by atoms with E-state index >= 15 is 0 Å². The molecule has 2 N–H and O–H groups in total. The van der Waals surface area contributed by atoms with Crippen molar-refractivity contribution in [2.75, 3.05) is 15.5 Å². The van der Waals surface area contributed by atoms with Gasteiger partial charge in [0.15, 0.2) is 0 Å². The molecular formula is C54H41N3. The highest BCUT2D eigenvalue weighted by Gasteiger charge is 2.16. The first-order valence-corrected chi connectivity index (χ1v) is 19.3. The van der Waals surface area contributed by atoms with Gasteiger partial charge in [0.1, 0.15) is 0 Å². The molecule has 3 nitrogen and oxygen atoms in total. The summed E-state index contributed by atoms with van der Waals surface area (Å²) in [5, 5.41) is 0. The maximum absolute atomic E-state index is 6.12. The molecule has 0 aliphatic carbocycles. The van der Waals surface area contributed by atoms with Crippen molar-refractivity contribution in [1.82, 2.24) is 0 Å². The maximum atomic E-state index is 6.12. The lowest BCUT2D eigenvalue weighted by atomic mass is 10.0. The summed E-state index contributed by atoms with van der Waals surface area (Å²) in [6.45, 7) is 0. The minimum Gasteiger partial charge on any atom is -0.399 e. The van der Waals surface area contributed by atoms with Gasteiger partial charge in [0.05, 0.1) is 0 Å². The number of rotatable bonds is 10. The molecule has 0 aromatic heterocycles. The fraction of sp³-hybridized carbons (Fsp3) is 0. The Balaban J connectivity index is 1.05. The molecule has 0 aliphatic rings. The van der Waals surface area contributed by atoms with Gasteiger partial charge in [0.25, 0.3) is 0 Å². The van der Waals surface area contributed by atoms with Crippen LogP contribution in [0.2, 0.25) is 0 Å². The van der Waals surface area contributed by atoms with E-state index in [4.69, 9.17) is 5.73 Å². The predicted molar refractivity (Wildman–Crippen MR) is 242 cm³/mol. The lowest BCUT2D eigenvalue weighted by Gasteiger charge is -2.27. The van der Waals surface area contributed by atoms with Crippen LogP contribution in [0.3, 0.4) is 0 Å². The second-order valence-electron chi connectivity index (χ2n) is 14.1. The molecule has 0 bridgehead atoms. The summed E-state index contributed by atoms with van der Waals surface area (Å²) in [5.41, 5.74) is 22.7. The van der Waals surface area contributed by atoms with Crippen molar-refractivity contribution >= 4 is 39.8 Å². The zero-order valence-corrected chi connectivity index (χ0v) is 31.5. The third-order valence-corrected chi connectivity index (χ3v) is 10.4. The Labute approximate surface area is 335 Å². The van der Waals surface area contributed by atoms with Crippen LogP contribution in [-0.2, 0) is 0 Å². The van der Waals surface area contributed by atoms with Crippen molar-refractivity contribution in [3.8, 4) is 44.5 Å². The zero-order chi connectivity index (χ0) is 38.4. The third kappa shape index (κ3) is 7.68. The first-order valence-electron chi connectivity index (χ1n) is 19.3. The average Bonchev–Trinajstić information content (AvgIpc) is 3.29. The smallest absolute Gasteiger partial charge is 0.0467 e. The van der Waals surface area contributed by atoms with E-state index in [1.807, 2.05) is 12.1 Å². The molecule has 0 spiro atoms. The van der Waals surface area contributed by atoms with Crippen LogP contribution in [0.15, 0.2) is 237 Å². The molecule has 9 aromatic carbocycles. The average molecular weight is 732 g/mol. The second-order valence-corrected chi connectivity index (χ2v) is 14.1. The first-order chi connectivity index (χ1) is 28.2. The normalized spacial score (nSPS) is 10.9. The number of benzene rings is 9. The molecule has 0 saturated heterocycles. The molecule has 272 valence electrons. The summed E-state index contributed by atoms with van der Waals surface area (Å²) >= 11 is 0. The van der Waals surface area contributed by atoms with Crippen molar-refractivity contribution in [3.63, 3.8) is 0 Å². The number of nitrogens with zero attached hydrogens (tertiary/aromatic N) is 2. The van der Waals surface area contributed by atoms with Gasteiger partial charge >= 0.3 is 0 Å². The summed E-state index contributed by atoms with van der Waals surface area (Å²) in [4.78, 5) is 4.62. The van der Waals surface area contributed by atoms with Crippen molar-refractivity contribution in [2.45, 2.75) is 0 Å². The molecule has 0 fully saturated rings. The number of nitrogens with two attached hydrogens (primary N) is 1. The minimum atomic E-state index is 0.738. The molecule has 9 aromatic rings. The van der Waals surface area contributed by atoms with Gasteiger partial charge in [-0.2, -0.15) is 0 Å². The predicted octanol–water partition coefficient (Wildman–Crippen LogP) is 14.9. The molecule has 0 amide bonds. The molecule has 9 rings (SSSR count). The van der Waals surface area contributed by atoms with Gasteiger partial charge in [-0.1, -0.05) is 152 Å². The Morgan fingerprint density at radius 1 is 0.211 bits per heavy atom. The van der Waals surface area contributed by atoms with E-state index in [1.165, 1.54) is 33.4 Å². The lowest BCUT2D eigenvalue weighted by Crippen LogP contribution is -2.10. The van der Waals surface area contributed by atoms with Crippen LogP contribution in [0.25, 0.3) is 44.5 Å². The van der Waals surface area contributed by atoms with Crippen LogP contribution >= 0.6 is 0 Å². The van der Waals surface area contributed by atoms with E-state index in [1.54, 1.807) is 0 Å². The van der Waals surface area contributed by atoms with Crippen molar-refractivity contribution in [3.05, 3.63) is 237 Å². The van der Waals surface area contributed by atoms with Crippen LogP contribution in [-0.4, -0.2) is 0 Å². The minimum absolute atomic E-state index is 0.738. The Morgan fingerprint density at radius 2 is 0.474 bits per heavy atom. The van der Waals surface area contributed by atoms with E-state index < -0.39 is 0 Å². The molecular weight excluding hydrogens is 691 g/mol. The Hall–Kier alpha value is -7.62. The number of hydrogen-bond donors (Lipinski definition) is 1. The molecule has 0 aliphatic heterocycles. The molecule has 0 atom stereocenters. The molecule has 3 heteroatoms. The van der Waals surface area contributed by atoms with Gasteiger partial charge in [-0.3, -0.25) is 0 Å². The van der Waals surface area contributed by atoms with Crippen molar-refractivity contribution < 1.29 is 0 Å². The highest BCUT2D eigenvalue weighted by atomic mass is 15.1. The Morgan fingerprint density at radius 3 is 0.807 bits per heavy atom. The summed E-state index contributed by atoms with van der Waals surface area (Å²) < 4.78 is 0. The van der Waals surface area contributed by atoms with Gasteiger partial charge in [-0.05, 0) is 129 Å². The van der Waals surface area contributed by atoms with Gasteiger partial charge in [0.2, 0.25) is 0 Å². The van der Waals surface area contributed by atoms with Gasteiger partial charge in [-0.25, -0.2) is 0 Å². The van der Waals surface area contributed by atoms with Crippen LogP contribution in [0, 0.1) is 0 Å². The summed E-state index contributed by atoms with van der Waals surface area (Å²) in [6.07, 6.45) is 0. The highest BCUT2D eigenvalue weighted by molar-refractivity contribution is 5.84.